The number of carbonyl (C=O) groups is 2. The third-order valence-electron chi connectivity index (χ3n) is 3.42. The molecule has 1 atom stereocenters. The number of esters is 1. The molecule has 1 amide bonds. The van der Waals surface area contributed by atoms with Crippen molar-refractivity contribution >= 4 is 29.3 Å². The lowest BCUT2D eigenvalue weighted by atomic mass is 10.1. The largest absolute Gasteiger partial charge is 0.452 e. The van der Waals surface area contributed by atoms with Gasteiger partial charge in [-0.05, 0) is 53.8 Å². The molecule has 0 spiro atoms. The van der Waals surface area contributed by atoms with Gasteiger partial charge >= 0.3 is 5.97 Å². The number of ether oxygens (including phenoxy) is 1. The van der Waals surface area contributed by atoms with Crippen molar-refractivity contribution in [2.24, 2.45) is 0 Å². The number of nitrogens with one attached hydrogen (secondary N) is 1. The summed E-state index contributed by atoms with van der Waals surface area (Å²) in [7, 11) is 0. The van der Waals surface area contributed by atoms with Gasteiger partial charge in [0, 0.05) is 12.1 Å². The second-order valence-corrected chi connectivity index (χ2v) is 6.27. The topological polar surface area (TPSA) is 55.4 Å². The van der Waals surface area contributed by atoms with Gasteiger partial charge in [0.25, 0.3) is 5.91 Å². The van der Waals surface area contributed by atoms with Crippen LogP contribution >= 0.6 is 11.3 Å². The van der Waals surface area contributed by atoms with Crippen molar-refractivity contribution in [3.8, 4) is 0 Å². The quantitative estimate of drug-likeness (QED) is 0.590. The standard InChI is InChI=1S/C19H21NO3S/c1-15(7-8-16-5-3-2-4-6-16)20-18(21)13-23-19(22)10-9-17-11-12-24-14-17/h2-6,9-12,14-15H,7-8,13H2,1H3,(H,20,21)/b10-9+/t15-/m0/s1. The molecule has 5 heteroatoms. The molecule has 0 radical (unpaired) electrons. The molecule has 2 aromatic rings. The number of aryl methyl sites for hydroxylation is 1. The summed E-state index contributed by atoms with van der Waals surface area (Å²) in [6.07, 6.45) is 4.72. The highest BCUT2D eigenvalue weighted by Crippen LogP contribution is 2.07. The average Bonchev–Trinajstić information content (AvgIpc) is 3.11. The lowest BCUT2D eigenvalue weighted by Crippen LogP contribution is -2.36. The molecule has 24 heavy (non-hydrogen) atoms. The van der Waals surface area contributed by atoms with E-state index in [-0.39, 0.29) is 18.6 Å². The molecule has 0 aliphatic rings. The number of carbonyl (C=O) groups excluding carboxylic acids is 2. The Kier molecular flexibility index (Phi) is 7.23. The zero-order valence-electron chi connectivity index (χ0n) is 13.6. The number of benzene rings is 1. The first-order valence-electron chi connectivity index (χ1n) is 7.84. The summed E-state index contributed by atoms with van der Waals surface area (Å²) in [5.74, 6) is -0.805. The fourth-order valence-corrected chi connectivity index (χ4v) is 2.76. The highest BCUT2D eigenvalue weighted by Gasteiger charge is 2.09. The molecule has 1 aromatic carbocycles. The molecule has 1 aromatic heterocycles. The van der Waals surface area contributed by atoms with E-state index in [9.17, 15) is 9.59 Å². The molecule has 4 nitrogen and oxygen atoms in total. The molecular formula is C19H21NO3S. The Morgan fingerprint density at radius 3 is 2.75 bits per heavy atom. The summed E-state index contributed by atoms with van der Waals surface area (Å²) in [5, 5.41) is 6.68. The predicted molar refractivity (Wildman–Crippen MR) is 96.7 cm³/mol. The van der Waals surface area contributed by atoms with Gasteiger partial charge in [0.2, 0.25) is 0 Å². The summed E-state index contributed by atoms with van der Waals surface area (Å²) >= 11 is 1.55. The van der Waals surface area contributed by atoms with E-state index in [2.05, 4.69) is 17.4 Å². The van der Waals surface area contributed by atoms with Crippen molar-refractivity contribution in [1.82, 2.24) is 5.32 Å². The van der Waals surface area contributed by atoms with Crippen molar-refractivity contribution in [3.63, 3.8) is 0 Å². The van der Waals surface area contributed by atoms with Crippen molar-refractivity contribution in [2.75, 3.05) is 6.61 Å². The smallest absolute Gasteiger partial charge is 0.331 e. The Morgan fingerprint density at radius 1 is 1.25 bits per heavy atom. The zero-order chi connectivity index (χ0) is 17.2. The van der Waals surface area contributed by atoms with E-state index in [1.165, 1.54) is 11.6 Å². The molecule has 0 bridgehead atoms. The Morgan fingerprint density at radius 2 is 2.04 bits per heavy atom. The molecular weight excluding hydrogens is 322 g/mol. The number of thiophene rings is 1. The summed E-state index contributed by atoms with van der Waals surface area (Å²) in [6.45, 7) is 1.68. The maximum Gasteiger partial charge on any atom is 0.331 e. The van der Waals surface area contributed by atoms with Crippen LogP contribution in [-0.2, 0) is 20.7 Å². The van der Waals surface area contributed by atoms with Gasteiger partial charge in [-0.3, -0.25) is 4.79 Å². The Balaban J connectivity index is 1.64. The summed E-state index contributed by atoms with van der Waals surface area (Å²) in [4.78, 5) is 23.3. The number of hydrogen-bond donors (Lipinski definition) is 1. The first-order chi connectivity index (χ1) is 11.6. The van der Waals surface area contributed by atoms with Crippen LogP contribution < -0.4 is 5.32 Å². The third-order valence-corrected chi connectivity index (χ3v) is 4.12. The molecule has 0 aliphatic carbocycles. The van der Waals surface area contributed by atoms with E-state index in [4.69, 9.17) is 4.74 Å². The highest BCUT2D eigenvalue weighted by atomic mass is 32.1. The van der Waals surface area contributed by atoms with Gasteiger partial charge in [-0.15, -0.1) is 0 Å². The van der Waals surface area contributed by atoms with Crippen LogP contribution in [0.25, 0.3) is 6.08 Å². The maximum atomic E-state index is 11.8. The normalized spacial score (nSPS) is 12.0. The fourth-order valence-electron chi connectivity index (χ4n) is 2.14. The van der Waals surface area contributed by atoms with Crippen molar-refractivity contribution in [3.05, 3.63) is 64.4 Å². The molecule has 126 valence electrons. The molecule has 0 saturated heterocycles. The van der Waals surface area contributed by atoms with Crippen molar-refractivity contribution < 1.29 is 14.3 Å². The van der Waals surface area contributed by atoms with Gasteiger partial charge in [-0.1, -0.05) is 30.3 Å². The van der Waals surface area contributed by atoms with Crippen molar-refractivity contribution in [2.45, 2.75) is 25.8 Å². The molecule has 0 aliphatic heterocycles. The minimum absolute atomic E-state index is 0.0257. The van der Waals surface area contributed by atoms with Crippen LogP contribution in [-0.4, -0.2) is 24.5 Å². The number of rotatable bonds is 8. The molecule has 2 rings (SSSR count). The third kappa shape index (κ3) is 6.79. The molecule has 0 unspecified atom stereocenters. The van der Waals surface area contributed by atoms with Crippen molar-refractivity contribution in [1.29, 1.82) is 0 Å². The number of amides is 1. The van der Waals surface area contributed by atoms with Crippen LogP contribution in [0.5, 0.6) is 0 Å². The monoisotopic (exact) mass is 343 g/mol. The molecule has 1 heterocycles. The highest BCUT2D eigenvalue weighted by molar-refractivity contribution is 7.08. The van der Waals surface area contributed by atoms with Crippen LogP contribution in [0.3, 0.4) is 0 Å². The molecule has 0 saturated carbocycles. The first-order valence-corrected chi connectivity index (χ1v) is 8.78. The van der Waals surface area contributed by atoms with Gasteiger partial charge in [0.05, 0.1) is 0 Å². The van der Waals surface area contributed by atoms with Crippen LogP contribution in [0.1, 0.15) is 24.5 Å². The lowest BCUT2D eigenvalue weighted by molar-refractivity contribution is -0.144. The summed E-state index contributed by atoms with van der Waals surface area (Å²) < 4.78 is 4.93. The van der Waals surface area contributed by atoms with Gasteiger partial charge in [-0.25, -0.2) is 4.79 Å². The second-order valence-electron chi connectivity index (χ2n) is 5.49. The number of hydrogen-bond acceptors (Lipinski definition) is 4. The van der Waals surface area contributed by atoms with Crippen LogP contribution in [0, 0.1) is 0 Å². The lowest BCUT2D eigenvalue weighted by Gasteiger charge is -2.13. The minimum atomic E-state index is -0.520. The Bertz CT molecular complexity index is 665. The average molecular weight is 343 g/mol. The fraction of sp³-hybridized carbons (Fsp3) is 0.263. The Hall–Kier alpha value is -2.40. The van der Waals surface area contributed by atoms with Gasteiger partial charge in [-0.2, -0.15) is 11.3 Å². The van der Waals surface area contributed by atoms with E-state index in [1.807, 2.05) is 41.9 Å². The molecule has 0 fully saturated rings. The second kappa shape index (κ2) is 9.67. The van der Waals surface area contributed by atoms with E-state index in [0.29, 0.717) is 0 Å². The van der Waals surface area contributed by atoms with E-state index >= 15 is 0 Å². The minimum Gasteiger partial charge on any atom is -0.452 e. The Labute approximate surface area is 146 Å². The predicted octanol–water partition coefficient (Wildman–Crippen LogP) is 3.44. The van der Waals surface area contributed by atoms with Crippen LogP contribution in [0.2, 0.25) is 0 Å². The van der Waals surface area contributed by atoms with Crippen LogP contribution in [0.15, 0.2) is 53.2 Å². The van der Waals surface area contributed by atoms with Gasteiger partial charge in [0.1, 0.15) is 0 Å². The summed E-state index contributed by atoms with van der Waals surface area (Å²) in [5.41, 5.74) is 2.18. The van der Waals surface area contributed by atoms with E-state index < -0.39 is 5.97 Å². The first kappa shape index (κ1) is 17.9. The van der Waals surface area contributed by atoms with Crippen LogP contribution in [0.4, 0.5) is 0 Å². The SMILES string of the molecule is C[C@@H](CCc1ccccc1)NC(=O)COC(=O)/C=C/c1ccsc1. The van der Waals surface area contributed by atoms with E-state index in [0.717, 1.165) is 18.4 Å². The van der Waals surface area contributed by atoms with E-state index in [1.54, 1.807) is 17.4 Å². The molecule has 1 N–H and O–H groups in total. The van der Waals surface area contributed by atoms with Gasteiger partial charge < -0.3 is 10.1 Å². The van der Waals surface area contributed by atoms with Gasteiger partial charge in [0.15, 0.2) is 6.61 Å². The zero-order valence-corrected chi connectivity index (χ0v) is 14.4. The maximum absolute atomic E-state index is 11.8. The summed E-state index contributed by atoms with van der Waals surface area (Å²) in [6, 6.07) is 12.0.